The largest absolute Gasteiger partial charge is 0.496 e. The van der Waals surface area contributed by atoms with Gasteiger partial charge in [0.2, 0.25) is 0 Å². The fraction of sp³-hybridized carbons (Fsp3) is 0.360. The van der Waals surface area contributed by atoms with Gasteiger partial charge in [0.15, 0.2) is 0 Å². The zero-order valence-corrected chi connectivity index (χ0v) is 19.6. The van der Waals surface area contributed by atoms with Crippen molar-refractivity contribution in [3.05, 3.63) is 71.3 Å². The quantitative estimate of drug-likeness (QED) is 0.401. The van der Waals surface area contributed by atoms with Crippen LogP contribution in [0.1, 0.15) is 43.7 Å². The lowest BCUT2D eigenvalue weighted by atomic mass is 9.74. The zero-order chi connectivity index (χ0) is 22.8. The normalized spacial score (nSPS) is 18.8. The van der Waals surface area contributed by atoms with E-state index < -0.39 is 10.1 Å². The Morgan fingerprint density at radius 3 is 2.13 bits per heavy atom. The van der Waals surface area contributed by atoms with Crippen molar-refractivity contribution >= 4 is 10.1 Å². The molecule has 0 aromatic heterocycles. The maximum Gasteiger partial charge on any atom is 0.339 e. The van der Waals surface area contributed by atoms with Crippen molar-refractivity contribution in [2.45, 2.75) is 44.4 Å². The number of allylic oxidation sites excluding steroid dienone is 3. The summed E-state index contributed by atoms with van der Waals surface area (Å²) in [6, 6.07) is 9.74. The molecule has 3 rings (SSSR count). The van der Waals surface area contributed by atoms with Gasteiger partial charge in [-0.25, -0.2) is 0 Å². The molecule has 31 heavy (non-hydrogen) atoms. The average molecular weight is 443 g/mol. The Morgan fingerprint density at radius 1 is 1.03 bits per heavy atom. The SMILES string of the molecule is C=C(C)[C@@H]1CCC(C)=C[C@H]1c1c(OC)cc(OS(=O)(=O)c2ccc(C)cc2)cc1OC. The lowest BCUT2D eigenvalue weighted by Crippen LogP contribution is -2.18. The van der Waals surface area contributed by atoms with Gasteiger partial charge in [0.25, 0.3) is 0 Å². The van der Waals surface area contributed by atoms with Crippen molar-refractivity contribution in [2.24, 2.45) is 5.92 Å². The van der Waals surface area contributed by atoms with Crippen molar-refractivity contribution < 1.29 is 22.1 Å². The number of rotatable bonds is 7. The monoisotopic (exact) mass is 442 g/mol. The van der Waals surface area contributed by atoms with E-state index in [-0.39, 0.29) is 22.5 Å². The highest BCUT2D eigenvalue weighted by Crippen LogP contribution is 2.48. The van der Waals surface area contributed by atoms with Gasteiger partial charge in [-0.3, -0.25) is 0 Å². The van der Waals surface area contributed by atoms with Gasteiger partial charge in [0.1, 0.15) is 22.1 Å². The van der Waals surface area contributed by atoms with Gasteiger partial charge in [0, 0.05) is 23.6 Å². The van der Waals surface area contributed by atoms with Crippen molar-refractivity contribution in [3.63, 3.8) is 0 Å². The average Bonchev–Trinajstić information content (AvgIpc) is 2.72. The Morgan fingerprint density at radius 2 is 1.61 bits per heavy atom. The lowest BCUT2D eigenvalue weighted by Gasteiger charge is -2.32. The van der Waals surface area contributed by atoms with Crippen molar-refractivity contribution in [1.82, 2.24) is 0 Å². The highest BCUT2D eigenvalue weighted by molar-refractivity contribution is 7.87. The van der Waals surface area contributed by atoms with Gasteiger partial charge in [-0.1, -0.05) is 41.5 Å². The second-order valence-corrected chi connectivity index (χ2v) is 9.67. The summed E-state index contributed by atoms with van der Waals surface area (Å²) in [5.41, 5.74) is 4.24. The molecule has 0 heterocycles. The molecule has 0 spiro atoms. The first kappa shape index (κ1) is 22.9. The van der Waals surface area contributed by atoms with Crippen LogP contribution in [-0.2, 0) is 10.1 Å². The molecule has 0 aliphatic heterocycles. The predicted molar refractivity (Wildman–Crippen MR) is 123 cm³/mol. The molecule has 5 nitrogen and oxygen atoms in total. The van der Waals surface area contributed by atoms with Crippen LogP contribution in [0.5, 0.6) is 17.2 Å². The van der Waals surface area contributed by atoms with Crippen molar-refractivity contribution in [1.29, 1.82) is 0 Å². The number of ether oxygens (including phenoxy) is 2. The predicted octanol–water partition coefficient (Wildman–Crippen LogP) is 5.80. The zero-order valence-electron chi connectivity index (χ0n) is 18.8. The number of hydrogen-bond acceptors (Lipinski definition) is 5. The van der Waals surface area contributed by atoms with E-state index in [2.05, 4.69) is 19.6 Å². The van der Waals surface area contributed by atoms with Crippen LogP contribution in [0, 0.1) is 12.8 Å². The molecule has 6 heteroatoms. The molecule has 0 radical (unpaired) electrons. The summed E-state index contributed by atoms with van der Waals surface area (Å²) < 4.78 is 42.3. The van der Waals surface area contributed by atoms with Gasteiger partial charge in [-0.05, 0) is 51.7 Å². The van der Waals surface area contributed by atoms with Gasteiger partial charge in [0.05, 0.1) is 14.2 Å². The molecule has 0 fully saturated rings. The van der Waals surface area contributed by atoms with E-state index >= 15 is 0 Å². The number of aryl methyl sites for hydroxylation is 1. The Bertz CT molecular complexity index is 1070. The molecular formula is C25H30O5S. The van der Waals surface area contributed by atoms with Crippen LogP contribution in [0.2, 0.25) is 0 Å². The molecule has 0 amide bonds. The summed E-state index contributed by atoms with van der Waals surface area (Å²) in [5, 5.41) is 0. The summed E-state index contributed by atoms with van der Waals surface area (Å²) in [6.45, 7) is 10.2. The minimum absolute atomic E-state index is 0.0268. The van der Waals surface area contributed by atoms with Gasteiger partial charge < -0.3 is 13.7 Å². The second-order valence-electron chi connectivity index (χ2n) is 8.12. The first-order valence-electron chi connectivity index (χ1n) is 10.3. The Kier molecular flexibility index (Phi) is 6.80. The molecular weight excluding hydrogens is 412 g/mol. The Labute approximate surface area is 185 Å². The molecule has 2 aromatic rings. The summed E-state index contributed by atoms with van der Waals surface area (Å²) in [5.74, 6) is 1.46. The third-order valence-electron chi connectivity index (χ3n) is 5.75. The van der Waals surface area contributed by atoms with E-state index in [0.717, 1.165) is 29.5 Å². The topological polar surface area (TPSA) is 61.8 Å². The van der Waals surface area contributed by atoms with E-state index in [9.17, 15) is 8.42 Å². The summed E-state index contributed by atoms with van der Waals surface area (Å²) in [7, 11) is -0.865. The second kappa shape index (κ2) is 9.18. The van der Waals surface area contributed by atoms with E-state index in [1.165, 1.54) is 17.7 Å². The fourth-order valence-electron chi connectivity index (χ4n) is 4.08. The van der Waals surface area contributed by atoms with Crippen molar-refractivity contribution in [3.8, 4) is 17.2 Å². The van der Waals surface area contributed by atoms with E-state index in [4.69, 9.17) is 13.7 Å². The van der Waals surface area contributed by atoms with Crippen LogP contribution in [0.3, 0.4) is 0 Å². The molecule has 1 aliphatic rings. The van der Waals surface area contributed by atoms with Crippen LogP contribution >= 0.6 is 0 Å². The van der Waals surface area contributed by atoms with Crippen LogP contribution in [0.15, 0.2) is 65.1 Å². The summed E-state index contributed by atoms with van der Waals surface area (Å²) in [6.07, 6.45) is 4.25. The minimum atomic E-state index is -3.99. The first-order chi connectivity index (χ1) is 14.7. The van der Waals surface area contributed by atoms with E-state index in [0.29, 0.717) is 11.5 Å². The Balaban J connectivity index is 2.06. The van der Waals surface area contributed by atoms with Gasteiger partial charge in [-0.2, -0.15) is 8.42 Å². The maximum atomic E-state index is 12.8. The highest BCUT2D eigenvalue weighted by Gasteiger charge is 2.31. The molecule has 166 valence electrons. The van der Waals surface area contributed by atoms with Crippen LogP contribution in [0.25, 0.3) is 0 Å². The molecule has 0 bridgehead atoms. The Hall–Kier alpha value is -2.73. The molecule has 2 aromatic carbocycles. The molecule has 0 N–H and O–H groups in total. The summed E-state index contributed by atoms with van der Waals surface area (Å²) in [4.78, 5) is 0.0910. The molecule has 1 aliphatic carbocycles. The minimum Gasteiger partial charge on any atom is -0.496 e. The molecule has 0 unspecified atom stereocenters. The lowest BCUT2D eigenvalue weighted by molar-refractivity contribution is 0.365. The third-order valence-corrected chi connectivity index (χ3v) is 7.01. The maximum absolute atomic E-state index is 12.8. The third kappa shape index (κ3) is 4.96. The van der Waals surface area contributed by atoms with Gasteiger partial charge in [-0.15, -0.1) is 0 Å². The van der Waals surface area contributed by atoms with Crippen molar-refractivity contribution in [2.75, 3.05) is 14.2 Å². The highest BCUT2D eigenvalue weighted by atomic mass is 32.2. The van der Waals surface area contributed by atoms with E-state index in [1.807, 2.05) is 13.8 Å². The summed E-state index contributed by atoms with van der Waals surface area (Å²) >= 11 is 0. The standard InChI is InChI=1S/C25H30O5S/c1-16(2)21-12-9-18(4)13-22(21)25-23(28-5)14-19(15-24(25)29-6)30-31(26,27)20-10-7-17(3)8-11-20/h7-8,10-11,13-15,21-22H,1,9,12H2,2-6H3/t21-,22+/m0/s1. The fourth-order valence-corrected chi connectivity index (χ4v) is 4.99. The van der Waals surface area contributed by atoms with Crippen LogP contribution in [0.4, 0.5) is 0 Å². The van der Waals surface area contributed by atoms with Crippen LogP contribution < -0.4 is 13.7 Å². The number of methoxy groups -OCH3 is 2. The van der Waals surface area contributed by atoms with Gasteiger partial charge >= 0.3 is 10.1 Å². The number of hydrogen-bond donors (Lipinski definition) is 0. The van der Waals surface area contributed by atoms with Crippen LogP contribution in [-0.4, -0.2) is 22.6 Å². The molecule has 2 atom stereocenters. The number of benzene rings is 2. The smallest absolute Gasteiger partial charge is 0.339 e. The first-order valence-corrected chi connectivity index (χ1v) is 11.7. The van der Waals surface area contributed by atoms with E-state index in [1.54, 1.807) is 38.5 Å². The molecule has 0 saturated heterocycles. The molecule has 0 saturated carbocycles.